The molecule has 15 heavy (non-hydrogen) atoms. The molecule has 0 radical (unpaired) electrons. The quantitative estimate of drug-likeness (QED) is 0.829. The van der Waals surface area contributed by atoms with Gasteiger partial charge in [0.15, 0.2) is 0 Å². The van der Waals surface area contributed by atoms with Crippen molar-refractivity contribution in [2.75, 3.05) is 13.2 Å². The number of nitrogens with two attached hydrogens (primary N) is 1. The van der Waals surface area contributed by atoms with Gasteiger partial charge < -0.3 is 10.1 Å². The van der Waals surface area contributed by atoms with E-state index in [1.54, 1.807) is 0 Å². The van der Waals surface area contributed by atoms with Crippen molar-refractivity contribution in [3.8, 4) is 0 Å². The first-order valence-electron chi connectivity index (χ1n) is 5.52. The molecule has 1 atom stereocenters. The van der Waals surface area contributed by atoms with Crippen LogP contribution in [0.2, 0.25) is 5.02 Å². The molecule has 0 aliphatic carbocycles. The highest BCUT2D eigenvalue weighted by Crippen LogP contribution is 2.10. The minimum Gasteiger partial charge on any atom is -0.372 e. The number of quaternary nitrogens is 1. The van der Waals surface area contributed by atoms with E-state index >= 15 is 0 Å². The third kappa shape index (κ3) is 3.49. The third-order valence-electron chi connectivity index (χ3n) is 2.75. The number of rotatable bonds is 4. The lowest BCUT2D eigenvalue weighted by Crippen LogP contribution is -2.84. The molecular weight excluding hydrogens is 210 g/mol. The van der Waals surface area contributed by atoms with Crippen LogP contribution in [0, 0.1) is 0 Å². The van der Waals surface area contributed by atoms with E-state index < -0.39 is 0 Å². The van der Waals surface area contributed by atoms with E-state index in [0.29, 0.717) is 6.10 Å². The molecule has 0 bridgehead atoms. The van der Waals surface area contributed by atoms with Crippen LogP contribution in [0.3, 0.4) is 0 Å². The van der Waals surface area contributed by atoms with Gasteiger partial charge in [-0.15, -0.1) is 0 Å². The van der Waals surface area contributed by atoms with Crippen molar-refractivity contribution < 1.29 is 10.1 Å². The molecule has 1 saturated heterocycles. The maximum absolute atomic E-state index is 5.82. The van der Waals surface area contributed by atoms with E-state index in [2.05, 4.69) is 17.4 Å². The zero-order valence-corrected chi connectivity index (χ0v) is 9.54. The predicted octanol–water partition coefficient (Wildman–Crippen LogP) is 1.58. The fourth-order valence-corrected chi connectivity index (χ4v) is 2.01. The Morgan fingerprint density at radius 3 is 2.80 bits per heavy atom. The van der Waals surface area contributed by atoms with E-state index in [-0.39, 0.29) is 0 Å². The molecule has 1 aliphatic rings. The van der Waals surface area contributed by atoms with Gasteiger partial charge in [0, 0.05) is 17.2 Å². The molecule has 3 heteroatoms. The van der Waals surface area contributed by atoms with Crippen molar-refractivity contribution in [2.45, 2.75) is 25.5 Å². The summed E-state index contributed by atoms with van der Waals surface area (Å²) in [5.74, 6) is 0. The summed E-state index contributed by atoms with van der Waals surface area (Å²) in [6, 6.07) is 8.04. The van der Waals surface area contributed by atoms with Crippen molar-refractivity contribution >= 4 is 11.6 Å². The van der Waals surface area contributed by atoms with Gasteiger partial charge in [-0.25, -0.2) is 0 Å². The number of halogens is 1. The molecule has 1 aromatic carbocycles. The van der Waals surface area contributed by atoms with Crippen LogP contribution in [0.4, 0.5) is 0 Å². The molecule has 2 N–H and O–H groups in total. The molecule has 2 rings (SSSR count). The minimum absolute atomic E-state index is 0.470. The smallest absolute Gasteiger partial charge is 0.106 e. The molecule has 82 valence electrons. The fourth-order valence-electron chi connectivity index (χ4n) is 1.89. The molecule has 1 aliphatic heterocycles. The lowest BCUT2D eigenvalue weighted by molar-refractivity contribution is -0.676. The van der Waals surface area contributed by atoms with Crippen LogP contribution in [-0.2, 0) is 11.3 Å². The highest BCUT2D eigenvalue weighted by atomic mass is 35.5. The molecule has 1 heterocycles. The Morgan fingerprint density at radius 2 is 2.13 bits per heavy atom. The standard InChI is InChI=1S/C12H16ClNO/c13-11-5-3-10(4-6-11)8-14-9-12-2-1-7-15-12/h3-6,12,14H,1-2,7-9H2/p+1/t12-/m0/s1. The largest absolute Gasteiger partial charge is 0.372 e. The van der Waals surface area contributed by atoms with Crippen LogP contribution in [0.5, 0.6) is 0 Å². The van der Waals surface area contributed by atoms with Crippen LogP contribution in [0.15, 0.2) is 24.3 Å². The summed E-state index contributed by atoms with van der Waals surface area (Å²) in [7, 11) is 0. The summed E-state index contributed by atoms with van der Waals surface area (Å²) >= 11 is 5.82. The molecule has 0 amide bonds. The minimum atomic E-state index is 0.470. The maximum Gasteiger partial charge on any atom is 0.106 e. The second-order valence-corrected chi connectivity index (χ2v) is 4.43. The Hall–Kier alpha value is -0.570. The lowest BCUT2D eigenvalue weighted by atomic mass is 10.2. The summed E-state index contributed by atoms with van der Waals surface area (Å²) in [4.78, 5) is 0. The van der Waals surface area contributed by atoms with Crippen molar-refractivity contribution in [3.63, 3.8) is 0 Å². The molecule has 1 fully saturated rings. The molecule has 1 aromatic rings. The van der Waals surface area contributed by atoms with E-state index in [1.165, 1.54) is 18.4 Å². The van der Waals surface area contributed by atoms with Crippen molar-refractivity contribution in [3.05, 3.63) is 34.9 Å². The van der Waals surface area contributed by atoms with Crippen molar-refractivity contribution in [1.29, 1.82) is 0 Å². The second kappa shape index (κ2) is 5.50. The molecule has 0 aromatic heterocycles. The topological polar surface area (TPSA) is 25.8 Å². The van der Waals surface area contributed by atoms with Gasteiger partial charge in [-0.3, -0.25) is 0 Å². The van der Waals surface area contributed by atoms with Gasteiger partial charge >= 0.3 is 0 Å². The van der Waals surface area contributed by atoms with Crippen molar-refractivity contribution in [1.82, 2.24) is 0 Å². The average molecular weight is 227 g/mol. The Labute approximate surface area is 95.6 Å². The molecule has 0 unspecified atom stereocenters. The Balaban J connectivity index is 1.71. The highest BCUT2D eigenvalue weighted by molar-refractivity contribution is 6.30. The molecule has 0 spiro atoms. The average Bonchev–Trinajstić information content (AvgIpc) is 2.74. The molecular formula is C12H17ClNO+. The summed E-state index contributed by atoms with van der Waals surface area (Å²) in [5.41, 5.74) is 1.32. The van der Waals surface area contributed by atoms with E-state index in [0.717, 1.165) is 24.7 Å². The molecule has 2 nitrogen and oxygen atoms in total. The summed E-state index contributed by atoms with van der Waals surface area (Å²) in [6.07, 6.45) is 2.91. The van der Waals surface area contributed by atoms with Gasteiger partial charge in [-0.1, -0.05) is 23.7 Å². The van der Waals surface area contributed by atoms with Gasteiger partial charge in [0.1, 0.15) is 19.2 Å². The lowest BCUT2D eigenvalue weighted by Gasteiger charge is -2.07. The van der Waals surface area contributed by atoms with Crippen LogP contribution < -0.4 is 5.32 Å². The maximum atomic E-state index is 5.82. The summed E-state index contributed by atoms with van der Waals surface area (Å²) in [5, 5.41) is 3.11. The Bertz CT molecular complexity index is 293. The van der Waals surface area contributed by atoms with Crippen molar-refractivity contribution in [2.24, 2.45) is 0 Å². The zero-order valence-electron chi connectivity index (χ0n) is 8.79. The first-order chi connectivity index (χ1) is 7.34. The summed E-state index contributed by atoms with van der Waals surface area (Å²) in [6.45, 7) is 3.03. The number of hydrogen-bond acceptors (Lipinski definition) is 1. The van der Waals surface area contributed by atoms with Gasteiger partial charge in [0.25, 0.3) is 0 Å². The number of hydrogen-bond donors (Lipinski definition) is 1. The second-order valence-electron chi connectivity index (χ2n) is 3.99. The van der Waals surface area contributed by atoms with Gasteiger partial charge in [-0.2, -0.15) is 0 Å². The van der Waals surface area contributed by atoms with Gasteiger partial charge in [-0.05, 0) is 25.0 Å². The SMILES string of the molecule is Clc1ccc(C[NH2+]C[C@@H]2CCCO2)cc1. The zero-order chi connectivity index (χ0) is 10.5. The Morgan fingerprint density at radius 1 is 1.33 bits per heavy atom. The van der Waals surface area contributed by atoms with E-state index in [9.17, 15) is 0 Å². The van der Waals surface area contributed by atoms with Gasteiger partial charge in [0.2, 0.25) is 0 Å². The normalized spacial score (nSPS) is 20.7. The first kappa shape index (κ1) is 10.9. The number of benzene rings is 1. The van der Waals surface area contributed by atoms with E-state index in [1.807, 2.05) is 12.1 Å². The van der Waals surface area contributed by atoms with Gasteiger partial charge in [0.05, 0.1) is 0 Å². The Kier molecular flexibility index (Phi) is 4.01. The predicted molar refractivity (Wildman–Crippen MR) is 60.9 cm³/mol. The van der Waals surface area contributed by atoms with Crippen LogP contribution >= 0.6 is 11.6 Å². The van der Waals surface area contributed by atoms with Crippen LogP contribution in [-0.4, -0.2) is 19.3 Å². The summed E-state index contributed by atoms with van der Waals surface area (Å²) < 4.78 is 5.56. The van der Waals surface area contributed by atoms with Crippen LogP contribution in [0.25, 0.3) is 0 Å². The molecule has 0 saturated carbocycles. The number of ether oxygens (including phenoxy) is 1. The third-order valence-corrected chi connectivity index (χ3v) is 3.00. The van der Waals surface area contributed by atoms with Crippen LogP contribution in [0.1, 0.15) is 18.4 Å². The highest BCUT2D eigenvalue weighted by Gasteiger charge is 2.16. The fraction of sp³-hybridized carbons (Fsp3) is 0.500. The van der Waals surface area contributed by atoms with E-state index in [4.69, 9.17) is 16.3 Å². The first-order valence-corrected chi connectivity index (χ1v) is 5.90. The monoisotopic (exact) mass is 226 g/mol.